The predicted molar refractivity (Wildman–Crippen MR) is 80.6 cm³/mol. The number of piperazine rings is 1. The van der Waals surface area contributed by atoms with Crippen LogP contribution in [0.4, 0.5) is 0 Å². The summed E-state index contributed by atoms with van der Waals surface area (Å²) in [4.78, 5) is 5.31. The highest BCUT2D eigenvalue weighted by Gasteiger charge is 2.31. The van der Waals surface area contributed by atoms with Crippen molar-refractivity contribution in [3.8, 4) is 0 Å². The number of halogens is 1. The first kappa shape index (κ1) is 14.1. The molecule has 2 aliphatic rings. The van der Waals surface area contributed by atoms with E-state index in [0.29, 0.717) is 26.9 Å². The van der Waals surface area contributed by atoms with Gasteiger partial charge in [0.05, 0.1) is 9.80 Å². The van der Waals surface area contributed by atoms with Crippen LogP contribution in [0.5, 0.6) is 0 Å². The molecule has 0 radical (unpaired) electrons. The van der Waals surface area contributed by atoms with E-state index in [1.54, 1.807) is 24.3 Å². The van der Waals surface area contributed by atoms with Crippen LogP contribution in [-0.2, 0) is 9.84 Å². The van der Waals surface area contributed by atoms with Gasteiger partial charge in [-0.1, -0.05) is 11.6 Å². The van der Waals surface area contributed by atoms with Crippen molar-refractivity contribution in [3.63, 3.8) is 0 Å². The van der Waals surface area contributed by atoms with Gasteiger partial charge in [0.1, 0.15) is 0 Å². The average molecular weight is 313 g/mol. The second-order valence-corrected chi connectivity index (χ2v) is 7.78. The maximum atomic E-state index is 12.5. The summed E-state index contributed by atoms with van der Waals surface area (Å²) in [6, 6.07) is 4.94. The van der Waals surface area contributed by atoms with Crippen molar-refractivity contribution in [1.29, 1.82) is 0 Å². The van der Waals surface area contributed by atoms with Crippen LogP contribution in [0.1, 0.15) is 5.56 Å². The Morgan fingerprint density at radius 3 is 2.60 bits per heavy atom. The van der Waals surface area contributed by atoms with E-state index in [2.05, 4.69) is 16.8 Å². The Hall–Kier alpha value is -0.880. The van der Waals surface area contributed by atoms with E-state index in [0.717, 1.165) is 26.2 Å². The van der Waals surface area contributed by atoms with Crippen LogP contribution in [0.2, 0.25) is 5.02 Å². The number of hydrogen-bond donors (Lipinski definition) is 0. The highest BCUT2D eigenvalue weighted by molar-refractivity contribution is 7.95. The zero-order valence-electron chi connectivity index (χ0n) is 11.3. The largest absolute Gasteiger partial charge is 0.304 e. The zero-order valence-corrected chi connectivity index (χ0v) is 12.9. The minimum Gasteiger partial charge on any atom is -0.304 e. The standard InChI is InChI=1S/C14H17ClN2O2S/c1-16-4-6-17(7-5-16)10-13-9-11-8-12(15)2-3-14(11)20(13,18)19/h2-3,8-9H,4-7,10H2,1H3. The molecule has 0 aliphatic carbocycles. The lowest BCUT2D eigenvalue weighted by Gasteiger charge is -2.32. The monoisotopic (exact) mass is 312 g/mol. The summed E-state index contributed by atoms with van der Waals surface area (Å²) < 4.78 is 25.0. The second kappa shape index (κ2) is 5.15. The van der Waals surface area contributed by atoms with Gasteiger partial charge in [-0.2, -0.15) is 0 Å². The summed E-state index contributed by atoms with van der Waals surface area (Å²) in [5, 5.41) is 0.566. The molecule has 1 saturated heterocycles. The summed E-state index contributed by atoms with van der Waals surface area (Å²) >= 11 is 5.93. The van der Waals surface area contributed by atoms with E-state index in [4.69, 9.17) is 11.6 Å². The van der Waals surface area contributed by atoms with Gasteiger partial charge in [0.15, 0.2) is 0 Å². The third kappa shape index (κ3) is 2.51. The molecule has 0 bridgehead atoms. The number of likely N-dealkylation sites (N-methyl/N-ethyl adjacent to an activating group) is 1. The molecule has 0 saturated carbocycles. The Morgan fingerprint density at radius 1 is 1.20 bits per heavy atom. The lowest BCUT2D eigenvalue weighted by Crippen LogP contribution is -2.45. The lowest BCUT2D eigenvalue weighted by atomic mass is 10.2. The second-order valence-electron chi connectivity index (χ2n) is 5.38. The molecule has 20 heavy (non-hydrogen) atoms. The van der Waals surface area contributed by atoms with E-state index in [-0.39, 0.29) is 0 Å². The Bertz CT molecular complexity index is 662. The molecule has 2 aliphatic heterocycles. The molecule has 1 aromatic rings. The molecule has 3 rings (SSSR count). The summed E-state index contributed by atoms with van der Waals surface area (Å²) in [6.45, 7) is 4.25. The van der Waals surface area contributed by atoms with Gasteiger partial charge in [0.25, 0.3) is 0 Å². The molecule has 0 N–H and O–H groups in total. The summed E-state index contributed by atoms with van der Waals surface area (Å²) in [5.74, 6) is 0. The minimum atomic E-state index is -3.33. The maximum absolute atomic E-state index is 12.5. The number of nitrogens with zero attached hydrogens (tertiary/aromatic N) is 2. The highest BCUT2D eigenvalue weighted by atomic mass is 35.5. The smallest absolute Gasteiger partial charge is 0.204 e. The molecule has 0 aromatic heterocycles. The molecule has 108 valence electrons. The van der Waals surface area contributed by atoms with Crippen molar-refractivity contribution >= 4 is 27.5 Å². The van der Waals surface area contributed by atoms with Gasteiger partial charge in [-0.15, -0.1) is 0 Å². The Morgan fingerprint density at radius 2 is 1.90 bits per heavy atom. The fourth-order valence-electron chi connectivity index (χ4n) is 2.63. The number of sulfone groups is 1. The van der Waals surface area contributed by atoms with E-state index in [9.17, 15) is 8.42 Å². The third-order valence-corrected chi connectivity index (χ3v) is 6.02. The topological polar surface area (TPSA) is 40.6 Å². The molecule has 0 unspecified atom stereocenters. The van der Waals surface area contributed by atoms with Crippen molar-refractivity contribution in [2.75, 3.05) is 39.8 Å². The fraction of sp³-hybridized carbons (Fsp3) is 0.429. The van der Waals surface area contributed by atoms with E-state index in [1.165, 1.54) is 0 Å². The fourth-order valence-corrected chi connectivity index (χ4v) is 4.40. The van der Waals surface area contributed by atoms with Crippen molar-refractivity contribution in [3.05, 3.63) is 33.7 Å². The number of benzene rings is 1. The lowest BCUT2D eigenvalue weighted by molar-refractivity contribution is 0.166. The SMILES string of the molecule is CN1CCN(CC2=Cc3cc(Cl)ccc3S2(=O)=O)CC1. The third-order valence-electron chi connectivity index (χ3n) is 3.90. The van der Waals surface area contributed by atoms with Gasteiger partial charge >= 0.3 is 0 Å². The minimum absolute atomic E-state index is 0.381. The van der Waals surface area contributed by atoms with Gasteiger partial charge in [-0.3, -0.25) is 4.90 Å². The van der Waals surface area contributed by atoms with E-state index in [1.807, 2.05) is 0 Å². The van der Waals surface area contributed by atoms with E-state index >= 15 is 0 Å². The quantitative estimate of drug-likeness (QED) is 0.834. The molecule has 0 spiro atoms. The van der Waals surface area contributed by atoms with Crippen LogP contribution >= 0.6 is 11.6 Å². The van der Waals surface area contributed by atoms with Crippen LogP contribution in [0.15, 0.2) is 28.0 Å². The Balaban J connectivity index is 1.83. The van der Waals surface area contributed by atoms with Crippen molar-refractivity contribution in [2.45, 2.75) is 4.90 Å². The van der Waals surface area contributed by atoms with Crippen LogP contribution in [-0.4, -0.2) is 58.0 Å². The summed E-state index contributed by atoms with van der Waals surface area (Å²) in [6.07, 6.45) is 1.76. The van der Waals surface area contributed by atoms with Gasteiger partial charge in [-0.05, 0) is 36.9 Å². The first-order valence-electron chi connectivity index (χ1n) is 6.63. The van der Waals surface area contributed by atoms with Gasteiger partial charge in [0, 0.05) is 37.7 Å². The first-order valence-corrected chi connectivity index (χ1v) is 8.49. The van der Waals surface area contributed by atoms with Gasteiger partial charge in [-0.25, -0.2) is 8.42 Å². The zero-order chi connectivity index (χ0) is 14.3. The molecule has 6 heteroatoms. The molecular weight excluding hydrogens is 296 g/mol. The average Bonchev–Trinajstić information content (AvgIpc) is 2.63. The number of hydrogen-bond acceptors (Lipinski definition) is 4. The highest BCUT2D eigenvalue weighted by Crippen LogP contribution is 2.34. The van der Waals surface area contributed by atoms with Crippen LogP contribution in [0, 0.1) is 0 Å². The summed E-state index contributed by atoms with van der Waals surface area (Å²) in [5.41, 5.74) is 0.710. The number of rotatable bonds is 2. The van der Waals surface area contributed by atoms with Gasteiger partial charge in [0.2, 0.25) is 9.84 Å². The molecule has 0 atom stereocenters. The molecule has 0 amide bonds. The summed E-state index contributed by atoms with van der Waals surface area (Å²) in [7, 11) is -1.24. The molecule has 4 nitrogen and oxygen atoms in total. The first-order chi connectivity index (χ1) is 9.46. The molecule has 2 heterocycles. The normalized spacial score (nSPS) is 22.6. The van der Waals surface area contributed by atoms with Crippen LogP contribution < -0.4 is 0 Å². The molecule has 1 fully saturated rings. The number of fused-ring (bicyclic) bond motifs is 1. The van der Waals surface area contributed by atoms with Crippen molar-refractivity contribution < 1.29 is 8.42 Å². The Kier molecular flexibility index (Phi) is 3.62. The maximum Gasteiger partial charge on any atom is 0.204 e. The van der Waals surface area contributed by atoms with E-state index < -0.39 is 9.84 Å². The Labute approximate surface area is 124 Å². The van der Waals surface area contributed by atoms with Crippen LogP contribution in [0.25, 0.3) is 6.08 Å². The van der Waals surface area contributed by atoms with Crippen molar-refractivity contribution in [2.24, 2.45) is 0 Å². The van der Waals surface area contributed by atoms with Crippen LogP contribution in [0.3, 0.4) is 0 Å². The predicted octanol–water partition coefficient (Wildman–Crippen LogP) is 1.72. The van der Waals surface area contributed by atoms with Crippen molar-refractivity contribution in [1.82, 2.24) is 9.80 Å². The molecular formula is C14H17ClN2O2S. The van der Waals surface area contributed by atoms with Gasteiger partial charge < -0.3 is 4.90 Å². The molecule has 1 aromatic carbocycles.